The third-order valence-corrected chi connectivity index (χ3v) is 3.11. The highest BCUT2D eigenvalue weighted by molar-refractivity contribution is 6.08. The highest BCUT2D eigenvalue weighted by atomic mass is 16.4. The molecule has 24 heavy (non-hydrogen) atoms. The van der Waals surface area contributed by atoms with E-state index in [4.69, 9.17) is 10.8 Å². The van der Waals surface area contributed by atoms with Gasteiger partial charge in [0, 0.05) is 5.69 Å². The van der Waals surface area contributed by atoms with Gasteiger partial charge in [0.25, 0.3) is 11.8 Å². The summed E-state index contributed by atoms with van der Waals surface area (Å²) in [4.78, 5) is 34.1. The number of benzene rings is 2. The van der Waals surface area contributed by atoms with E-state index in [1.165, 1.54) is 6.07 Å². The van der Waals surface area contributed by atoms with E-state index in [1.807, 2.05) is 0 Å². The third-order valence-electron chi connectivity index (χ3n) is 3.11. The maximum Gasteiger partial charge on any atom is 0.339 e. The number of nitrogens with one attached hydrogen (secondary N) is 1. The molecule has 0 saturated heterocycles. The summed E-state index contributed by atoms with van der Waals surface area (Å²) in [5.41, 5.74) is 3.89. The Bertz CT molecular complexity index is 861. The summed E-state index contributed by atoms with van der Waals surface area (Å²) < 4.78 is 0. The third kappa shape index (κ3) is 3.19. The average molecular weight is 332 g/mol. The zero-order valence-corrected chi connectivity index (χ0v) is 12.0. The van der Waals surface area contributed by atoms with Crippen molar-refractivity contribution in [2.75, 3.05) is 5.32 Å². The smallest absolute Gasteiger partial charge is 0.339 e. The number of phenols is 3. The molecule has 0 heterocycles. The molecule has 0 saturated carbocycles. The molecular formula is C15H12N2O7. The number of phenolic OH excluding ortho intramolecular Hbond substituents is 1. The van der Waals surface area contributed by atoms with Crippen LogP contribution in [0.4, 0.5) is 5.69 Å². The fourth-order valence-corrected chi connectivity index (χ4v) is 1.94. The lowest BCUT2D eigenvalue weighted by molar-refractivity contribution is 0.0693. The van der Waals surface area contributed by atoms with Crippen LogP contribution >= 0.6 is 0 Å². The molecule has 124 valence electrons. The van der Waals surface area contributed by atoms with Crippen LogP contribution in [0.25, 0.3) is 0 Å². The maximum atomic E-state index is 12.1. The lowest BCUT2D eigenvalue weighted by Crippen LogP contribution is -2.15. The zero-order valence-electron chi connectivity index (χ0n) is 12.0. The monoisotopic (exact) mass is 332 g/mol. The fourth-order valence-electron chi connectivity index (χ4n) is 1.94. The van der Waals surface area contributed by atoms with Gasteiger partial charge in [-0.05, 0) is 30.3 Å². The summed E-state index contributed by atoms with van der Waals surface area (Å²) in [6.45, 7) is 0. The standard InChI is InChI=1S/C15H12N2O7/c16-13(21)7-4-12(20)8(5-11(7)19)14(22)17-6-1-2-10(18)9(3-6)15(23)24/h1-5,18-20H,(H2,16,21)(H,17,22)(H,23,24). The van der Waals surface area contributed by atoms with Gasteiger partial charge in [0.15, 0.2) is 0 Å². The Morgan fingerprint density at radius 1 is 0.833 bits per heavy atom. The second kappa shape index (κ2) is 6.16. The molecular weight excluding hydrogens is 320 g/mol. The van der Waals surface area contributed by atoms with E-state index in [9.17, 15) is 29.7 Å². The van der Waals surface area contributed by atoms with Crippen molar-refractivity contribution in [1.29, 1.82) is 0 Å². The van der Waals surface area contributed by atoms with Crippen LogP contribution in [0, 0.1) is 0 Å². The summed E-state index contributed by atoms with van der Waals surface area (Å²) in [5, 5.41) is 40.1. The largest absolute Gasteiger partial charge is 0.507 e. The van der Waals surface area contributed by atoms with Gasteiger partial charge in [-0.15, -0.1) is 0 Å². The molecule has 0 aromatic heterocycles. The second-order valence-electron chi connectivity index (χ2n) is 4.74. The van der Waals surface area contributed by atoms with Crippen LogP contribution in [0.2, 0.25) is 0 Å². The Balaban J connectivity index is 2.34. The predicted molar refractivity (Wildman–Crippen MR) is 81.3 cm³/mol. The number of hydrogen-bond acceptors (Lipinski definition) is 6. The van der Waals surface area contributed by atoms with Crippen molar-refractivity contribution in [2.45, 2.75) is 0 Å². The molecule has 7 N–H and O–H groups in total. The minimum atomic E-state index is -1.39. The van der Waals surface area contributed by atoms with Gasteiger partial charge in [-0.2, -0.15) is 0 Å². The van der Waals surface area contributed by atoms with Gasteiger partial charge < -0.3 is 31.5 Å². The van der Waals surface area contributed by atoms with Crippen molar-refractivity contribution in [1.82, 2.24) is 0 Å². The molecule has 0 aliphatic heterocycles. The first kappa shape index (κ1) is 16.6. The number of carboxylic acids is 1. The van der Waals surface area contributed by atoms with E-state index in [2.05, 4.69) is 5.32 Å². The molecule has 0 fully saturated rings. The van der Waals surface area contributed by atoms with Crippen LogP contribution < -0.4 is 11.1 Å². The van der Waals surface area contributed by atoms with Crippen molar-refractivity contribution in [2.24, 2.45) is 5.73 Å². The molecule has 0 atom stereocenters. The van der Waals surface area contributed by atoms with Crippen molar-refractivity contribution < 1.29 is 34.8 Å². The van der Waals surface area contributed by atoms with Gasteiger partial charge >= 0.3 is 5.97 Å². The van der Waals surface area contributed by atoms with E-state index < -0.39 is 40.6 Å². The molecule has 2 amide bonds. The van der Waals surface area contributed by atoms with Gasteiger partial charge in [-0.25, -0.2) is 4.79 Å². The molecule has 0 aliphatic rings. The Kier molecular flexibility index (Phi) is 4.27. The minimum absolute atomic E-state index is 0.0352. The molecule has 2 aromatic rings. The number of aromatic hydroxyl groups is 3. The van der Waals surface area contributed by atoms with Crippen LogP contribution in [0.15, 0.2) is 30.3 Å². The number of carboxylic acid groups (broad SMARTS) is 1. The van der Waals surface area contributed by atoms with Gasteiger partial charge in [0.05, 0.1) is 11.1 Å². The van der Waals surface area contributed by atoms with Gasteiger partial charge in [-0.3, -0.25) is 9.59 Å². The van der Waals surface area contributed by atoms with Crippen LogP contribution in [0.3, 0.4) is 0 Å². The Morgan fingerprint density at radius 3 is 2.00 bits per heavy atom. The Hall–Kier alpha value is -3.75. The number of carbonyl (C=O) groups is 3. The van der Waals surface area contributed by atoms with Crippen molar-refractivity contribution in [3.05, 3.63) is 47.0 Å². The second-order valence-corrected chi connectivity index (χ2v) is 4.74. The predicted octanol–water partition coefficient (Wildman–Crippen LogP) is 0.853. The first-order valence-electron chi connectivity index (χ1n) is 6.44. The highest BCUT2D eigenvalue weighted by Crippen LogP contribution is 2.28. The van der Waals surface area contributed by atoms with Crippen LogP contribution in [0.5, 0.6) is 17.2 Å². The van der Waals surface area contributed by atoms with Crippen molar-refractivity contribution in [3.8, 4) is 17.2 Å². The molecule has 2 aromatic carbocycles. The maximum absolute atomic E-state index is 12.1. The Labute approximate surface area is 134 Å². The van der Waals surface area contributed by atoms with Crippen LogP contribution in [0.1, 0.15) is 31.1 Å². The normalized spacial score (nSPS) is 10.2. The van der Waals surface area contributed by atoms with E-state index in [0.29, 0.717) is 0 Å². The molecule has 0 aliphatic carbocycles. The average Bonchev–Trinajstić information content (AvgIpc) is 2.50. The number of aromatic carboxylic acids is 1. The molecule has 0 spiro atoms. The van der Waals surface area contributed by atoms with Crippen molar-refractivity contribution in [3.63, 3.8) is 0 Å². The lowest BCUT2D eigenvalue weighted by atomic mass is 10.1. The van der Waals surface area contributed by atoms with Gasteiger partial charge in [0.2, 0.25) is 0 Å². The number of primary amides is 1. The number of nitrogens with two attached hydrogens (primary N) is 1. The van der Waals surface area contributed by atoms with Crippen LogP contribution in [-0.4, -0.2) is 38.2 Å². The summed E-state index contributed by atoms with van der Waals surface area (Å²) in [6.07, 6.45) is 0. The molecule has 9 nitrogen and oxygen atoms in total. The number of carbonyl (C=O) groups excluding carboxylic acids is 2. The van der Waals surface area contributed by atoms with Crippen molar-refractivity contribution >= 4 is 23.5 Å². The summed E-state index contributed by atoms with van der Waals surface area (Å²) in [6, 6.07) is 5.03. The van der Waals surface area contributed by atoms with E-state index >= 15 is 0 Å². The number of anilines is 1. The van der Waals surface area contributed by atoms with E-state index in [-0.39, 0.29) is 16.8 Å². The molecule has 0 radical (unpaired) electrons. The zero-order chi connectivity index (χ0) is 18.0. The number of rotatable bonds is 4. The van der Waals surface area contributed by atoms with E-state index in [0.717, 1.165) is 24.3 Å². The fraction of sp³-hybridized carbons (Fsp3) is 0. The molecule has 9 heteroatoms. The first-order valence-corrected chi connectivity index (χ1v) is 6.44. The number of amides is 2. The summed E-state index contributed by atoms with van der Waals surface area (Å²) in [5.74, 6) is -4.93. The molecule has 0 bridgehead atoms. The lowest BCUT2D eigenvalue weighted by Gasteiger charge is -2.10. The number of hydrogen-bond donors (Lipinski definition) is 6. The SMILES string of the molecule is NC(=O)c1cc(O)c(C(=O)Nc2ccc(O)c(C(=O)O)c2)cc1O. The first-order chi connectivity index (χ1) is 11.2. The van der Waals surface area contributed by atoms with Gasteiger partial charge in [-0.1, -0.05) is 0 Å². The topological polar surface area (TPSA) is 170 Å². The molecule has 0 unspecified atom stereocenters. The highest BCUT2D eigenvalue weighted by Gasteiger charge is 2.18. The minimum Gasteiger partial charge on any atom is -0.507 e. The van der Waals surface area contributed by atoms with Gasteiger partial charge in [0.1, 0.15) is 22.8 Å². The quantitative estimate of drug-likeness (QED) is 0.451. The summed E-state index contributed by atoms with van der Waals surface area (Å²) >= 11 is 0. The van der Waals surface area contributed by atoms with Crippen LogP contribution in [-0.2, 0) is 0 Å². The molecule has 2 rings (SSSR count). The summed E-state index contributed by atoms with van der Waals surface area (Å²) in [7, 11) is 0. The van der Waals surface area contributed by atoms with E-state index in [1.54, 1.807) is 0 Å². The Morgan fingerprint density at radius 2 is 1.42 bits per heavy atom.